The molecule has 8 nitrogen and oxygen atoms in total. The van der Waals surface area contributed by atoms with E-state index >= 15 is 0 Å². The number of sulfonamides is 1. The van der Waals surface area contributed by atoms with Gasteiger partial charge >= 0.3 is 0 Å². The van der Waals surface area contributed by atoms with Crippen LogP contribution in [0.5, 0.6) is 0 Å². The summed E-state index contributed by atoms with van der Waals surface area (Å²) < 4.78 is 50.1. The van der Waals surface area contributed by atoms with Gasteiger partial charge in [-0.3, -0.25) is 4.79 Å². The third kappa shape index (κ3) is 6.00. The van der Waals surface area contributed by atoms with Gasteiger partial charge in [0.25, 0.3) is 6.43 Å². The fraction of sp³-hybridized carbons (Fsp3) is 0.158. The summed E-state index contributed by atoms with van der Waals surface area (Å²) in [5, 5.41) is 14.8. The normalized spacial score (nSPS) is 11.5. The van der Waals surface area contributed by atoms with Crippen molar-refractivity contribution in [3.8, 4) is 5.69 Å². The third-order valence-corrected chi connectivity index (χ3v) is 5.46. The van der Waals surface area contributed by atoms with Crippen molar-refractivity contribution in [1.29, 1.82) is 0 Å². The SMILES string of the molecule is NS(=O)(=O)c1cc(NC(=O)Cc2ccccc2Cl)ccc1-n1cc(NCC(F)F)cn1. The van der Waals surface area contributed by atoms with Gasteiger partial charge in [0.1, 0.15) is 4.90 Å². The summed E-state index contributed by atoms with van der Waals surface area (Å²) in [6.45, 7) is -0.579. The number of carbonyl (C=O) groups excluding carboxylic acids is 1. The van der Waals surface area contributed by atoms with E-state index in [0.29, 0.717) is 10.6 Å². The lowest BCUT2D eigenvalue weighted by molar-refractivity contribution is -0.115. The molecular formula is C19H18ClF2N5O3S. The highest BCUT2D eigenvalue weighted by atomic mass is 35.5. The maximum atomic E-state index is 12.4. The first-order valence-corrected chi connectivity index (χ1v) is 10.8. The van der Waals surface area contributed by atoms with Gasteiger partial charge in [-0.05, 0) is 29.8 Å². The van der Waals surface area contributed by atoms with Crippen molar-refractivity contribution >= 4 is 38.9 Å². The van der Waals surface area contributed by atoms with E-state index in [1.54, 1.807) is 24.3 Å². The zero-order valence-electron chi connectivity index (χ0n) is 15.9. The van der Waals surface area contributed by atoms with E-state index in [1.165, 1.54) is 35.3 Å². The molecular weight excluding hydrogens is 452 g/mol. The predicted molar refractivity (Wildman–Crippen MR) is 113 cm³/mol. The van der Waals surface area contributed by atoms with Crippen LogP contribution in [0, 0.1) is 0 Å². The molecule has 1 amide bonds. The molecule has 3 aromatic rings. The molecule has 1 heterocycles. The highest BCUT2D eigenvalue weighted by molar-refractivity contribution is 7.89. The van der Waals surface area contributed by atoms with Crippen molar-refractivity contribution < 1.29 is 22.0 Å². The molecule has 0 aliphatic rings. The number of nitrogens with two attached hydrogens (primary N) is 1. The number of benzene rings is 2. The van der Waals surface area contributed by atoms with Gasteiger partial charge < -0.3 is 10.6 Å². The van der Waals surface area contributed by atoms with Crippen LogP contribution in [0.15, 0.2) is 59.8 Å². The van der Waals surface area contributed by atoms with E-state index in [9.17, 15) is 22.0 Å². The Bertz CT molecular complexity index is 1200. The van der Waals surface area contributed by atoms with Gasteiger partial charge in [-0.1, -0.05) is 29.8 Å². The number of nitrogens with one attached hydrogen (secondary N) is 2. The Morgan fingerprint density at radius 1 is 1.19 bits per heavy atom. The molecule has 164 valence electrons. The number of nitrogens with zero attached hydrogens (tertiary/aromatic N) is 2. The Hall–Kier alpha value is -3.02. The van der Waals surface area contributed by atoms with Crippen molar-refractivity contribution in [2.24, 2.45) is 5.14 Å². The summed E-state index contributed by atoms with van der Waals surface area (Å²) in [7, 11) is -4.20. The van der Waals surface area contributed by atoms with Crippen LogP contribution in [0.3, 0.4) is 0 Å². The number of rotatable bonds is 8. The van der Waals surface area contributed by atoms with Crippen LogP contribution in [0.1, 0.15) is 5.56 Å². The molecule has 0 fully saturated rings. The summed E-state index contributed by atoms with van der Waals surface area (Å²) in [6, 6.07) is 10.9. The summed E-state index contributed by atoms with van der Waals surface area (Å²) in [4.78, 5) is 12.0. The highest BCUT2D eigenvalue weighted by Gasteiger charge is 2.18. The van der Waals surface area contributed by atoms with Crippen LogP contribution in [-0.4, -0.2) is 37.1 Å². The van der Waals surface area contributed by atoms with Gasteiger partial charge in [0, 0.05) is 10.7 Å². The molecule has 1 aromatic heterocycles. The number of anilines is 2. The minimum absolute atomic E-state index is 0.00947. The molecule has 0 bridgehead atoms. The standard InChI is InChI=1S/C19H18ClF2N5O3S/c20-15-4-2-1-3-12(15)7-19(28)26-13-5-6-16(17(8-13)31(23,29)30)27-11-14(9-25-27)24-10-18(21)22/h1-6,8-9,11,18,24H,7,10H2,(H,26,28)(H2,23,29,30). The average Bonchev–Trinajstić information content (AvgIpc) is 3.16. The summed E-state index contributed by atoms with van der Waals surface area (Å²) in [5.41, 5.74) is 1.19. The highest BCUT2D eigenvalue weighted by Crippen LogP contribution is 2.24. The number of amides is 1. The lowest BCUT2D eigenvalue weighted by atomic mass is 10.1. The van der Waals surface area contributed by atoms with E-state index in [1.807, 2.05) is 0 Å². The predicted octanol–water partition coefficient (Wildman–Crippen LogP) is 3.03. The van der Waals surface area contributed by atoms with E-state index in [-0.39, 0.29) is 28.4 Å². The Balaban J connectivity index is 1.84. The van der Waals surface area contributed by atoms with Crippen molar-refractivity contribution in [3.05, 3.63) is 65.4 Å². The number of alkyl halides is 2. The van der Waals surface area contributed by atoms with E-state index in [4.69, 9.17) is 16.7 Å². The van der Waals surface area contributed by atoms with E-state index in [0.717, 1.165) is 0 Å². The van der Waals surface area contributed by atoms with Crippen LogP contribution in [0.25, 0.3) is 5.69 Å². The minimum atomic E-state index is -4.20. The molecule has 0 radical (unpaired) electrons. The molecule has 3 rings (SSSR count). The summed E-state index contributed by atoms with van der Waals surface area (Å²) in [6.07, 6.45) is 0.0539. The second-order valence-electron chi connectivity index (χ2n) is 6.49. The van der Waals surface area contributed by atoms with Gasteiger partial charge in [-0.2, -0.15) is 5.10 Å². The average molecular weight is 470 g/mol. The molecule has 0 unspecified atom stereocenters. The van der Waals surface area contributed by atoms with Gasteiger partial charge in [-0.25, -0.2) is 27.0 Å². The Morgan fingerprint density at radius 2 is 1.94 bits per heavy atom. The van der Waals surface area contributed by atoms with Crippen LogP contribution in [0.4, 0.5) is 20.2 Å². The number of primary sulfonamides is 1. The molecule has 0 spiro atoms. The van der Waals surface area contributed by atoms with E-state index in [2.05, 4.69) is 15.7 Å². The summed E-state index contributed by atoms with van der Waals surface area (Å²) >= 11 is 6.05. The molecule has 0 aliphatic carbocycles. The Morgan fingerprint density at radius 3 is 2.61 bits per heavy atom. The van der Waals surface area contributed by atoms with Gasteiger partial charge in [-0.15, -0.1) is 0 Å². The summed E-state index contributed by atoms with van der Waals surface area (Å²) in [5.74, 6) is -0.404. The molecule has 4 N–H and O–H groups in total. The zero-order valence-corrected chi connectivity index (χ0v) is 17.5. The molecule has 0 atom stereocenters. The van der Waals surface area contributed by atoms with Crippen molar-refractivity contribution in [2.45, 2.75) is 17.7 Å². The van der Waals surface area contributed by atoms with Gasteiger partial charge in [0.05, 0.1) is 36.7 Å². The fourth-order valence-electron chi connectivity index (χ4n) is 2.77. The first-order valence-electron chi connectivity index (χ1n) is 8.90. The van der Waals surface area contributed by atoms with Crippen LogP contribution in [0.2, 0.25) is 5.02 Å². The van der Waals surface area contributed by atoms with Gasteiger partial charge in [0.2, 0.25) is 15.9 Å². The number of aromatic nitrogens is 2. The molecule has 0 saturated heterocycles. The van der Waals surface area contributed by atoms with Crippen LogP contribution < -0.4 is 15.8 Å². The maximum absolute atomic E-state index is 12.4. The maximum Gasteiger partial charge on any atom is 0.255 e. The van der Waals surface area contributed by atoms with Gasteiger partial charge in [0.15, 0.2) is 0 Å². The van der Waals surface area contributed by atoms with Crippen molar-refractivity contribution in [2.75, 3.05) is 17.2 Å². The molecule has 2 aromatic carbocycles. The number of halogens is 3. The molecule has 0 saturated carbocycles. The number of carbonyl (C=O) groups is 1. The molecule has 31 heavy (non-hydrogen) atoms. The second-order valence-corrected chi connectivity index (χ2v) is 8.43. The Labute approximate surface area is 182 Å². The number of hydrogen-bond donors (Lipinski definition) is 3. The smallest absolute Gasteiger partial charge is 0.255 e. The molecule has 0 aliphatic heterocycles. The van der Waals surface area contributed by atoms with Crippen molar-refractivity contribution in [1.82, 2.24) is 9.78 Å². The largest absolute Gasteiger partial charge is 0.377 e. The molecule has 12 heteroatoms. The van der Waals surface area contributed by atoms with E-state index < -0.39 is 28.9 Å². The lowest BCUT2D eigenvalue weighted by Crippen LogP contribution is -2.18. The lowest BCUT2D eigenvalue weighted by Gasteiger charge is -2.12. The van der Waals surface area contributed by atoms with Crippen LogP contribution >= 0.6 is 11.6 Å². The first-order chi connectivity index (χ1) is 14.6. The third-order valence-electron chi connectivity index (χ3n) is 4.15. The van der Waals surface area contributed by atoms with Crippen molar-refractivity contribution in [3.63, 3.8) is 0 Å². The minimum Gasteiger partial charge on any atom is -0.377 e. The number of hydrogen-bond acceptors (Lipinski definition) is 5. The topological polar surface area (TPSA) is 119 Å². The first kappa shape index (κ1) is 22.7. The second kappa shape index (κ2) is 9.41. The Kier molecular flexibility index (Phi) is 6.88. The quantitative estimate of drug-likeness (QED) is 0.468. The monoisotopic (exact) mass is 469 g/mol. The van der Waals surface area contributed by atoms with Crippen LogP contribution in [-0.2, 0) is 21.2 Å². The zero-order chi connectivity index (χ0) is 22.6. The fourth-order valence-corrected chi connectivity index (χ4v) is 3.72.